The third-order valence-electron chi connectivity index (χ3n) is 4.70. The first-order valence-corrected chi connectivity index (χ1v) is 8.87. The van der Waals surface area contributed by atoms with Gasteiger partial charge in [0, 0.05) is 16.3 Å². The minimum absolute atomic E-state index is 0.133. The van der Waals surface area contributed by atoms with Crippen molar-refractivity contribution in [2.45, 2.75) is 13.8 Å². The SMILES string of the molecule is Cc1ccccc1-c1nncc2cc(Oc3c(C)cccc3C(=O)O)ccc12. The molecule has 1 aromatic heterocycles. The van der Waals surface area contributed by atoms with E-state index in [9.17, 15) is 9.90 Å². The van der Waals surface area contributed by atoms with Gasteiger partial charge in [0.25, 0.3) is 0 Å². The molecule has 0 aliphatic carbocycles. The largest absolute Gasteiger partial charge is 0.478 e. The van der Waals surface area contributed by atoms with Gasteiger partial charge in [0.2, 0.25) is 0 Å². The predicted octanol–water partition coefficient (Wildman–Crippen LogP) is 5.40. The van der Waals surface area contributed by atoms with Crippen molar-refractivity contribution >= 4 is 16.7 Å². The van der Waals surface area contributed by atoms with Crippen LogP contribution in [0.4, 0.5) is 0 Å². The van der Waals surface area contributed by atoms with Crippen molar-refractivity contribution in [3.63, 3.8) is 0 Å². The maximum absolute atomic E-state index is 11.5. The van der Waals surface area contributed by atoms with Crippen molar-refractivity contribution in [2.24, 2.45) is 0 Å². The Morgan fingerprint density at radius 2 is 1.75 bits per heavy atom. The lowest BCUT2D eigenvalue weighted by atomic mass is 10.0. The van der Waals surface area contributed by atoms with E-state index in [-0.39, 0.29) is 5.56 Å². The highest BCUT2D eigenvalue weighted by Crippen LogP contribution is 2.33. The second-order valence-electron chi connectivity index (χ2n) is 6.62. The number of aromatic nitrogens is 2. The van der Waals surface area contributed by atoms with E-state index in [1.165, 1.54) is 6.07 Å². The number of rotatable bonds is 4. The summed E-state index contributed by atoms with van der Waals surface area (Å²) in [5.74, 6) is -0.129. The molecule has 0 atom stereocenters. The number of hydrogen-bond donors (Lipinski definition) is 1. The van der Waals surface area contributed by atoms with E-state index in [1.807, 2.05) is 62.4 Å². The predicted molar refractivity (Wildman–Crippen MR) is 108 cm³/mol. The third-order valence-corrected chi connectivity index (χ3v) is 4.70. The maximum atomic E-state index is 11.5. The number of hydrogen-bond acceptors (Lipinski definition) is 4. The highest BCUT2D eigenvalue weighted by atomic mass is 16.5. The van der Waals surface area contributed by atoms with Crippen LogP contribution >= 0.6 is 0 Å². The van der Waals surface area contributed by atoms with Crippen LogP contribution in [0.15, 0.2) is 66.9 Å². The molecule has 28 heavy (non-hydrogen) atoms. The molecule has 0 amide bonds. The van der Waals surface area contributed by atoms with Gasteiger partial charge in [-0.3, -0.25) is 0 Å². The summed E-state index contributed by atoms with van der Waals surface area (Å²) in [5, 5.41) is 19.7. The minimum Gasteiger partial charge on any atom is -0.478 e. The molecule has 0 bridgehead atoms. The summed E-state index contributed by atoms with van der Waals surface area (Å²) >= 11 is 0. The quantitative estimate of drug-likeness (QED) is 0.520. The molecule has 0 aliphatic heterocycles. The molecule has 0 fully saturated rings. The molecular formula is C23H18N2O3. The maximum Gasteiger partial charge on any atom is 0.339 e. The molecule has 0 aliphatic rings. The average Bonchev–Trinajstić information content (AvgIpc) is 2.69. The Morgan fingerprint density at radius 1 is 0.964 bits per heavy atom. The van der Waals surface area contributed by atoms with Gasteiger partial charge in [0.1, 0.15) is 22.8 Å². The number of aromatic carboxylic acids is 1. The topological polar surface area (TPSA) is 72.3 Å². The minimum atomic E-state index is -1.02. The second-order valence-corrected chi connectivity index (χ2v) is 6.62. The molecule has 1 heterocycles. The van der Waals surface area contributed by atoms with Crippen LogP contribution in [0.5, 0.6) is 11.5 Å². The zero-order chi connectivity index (χ0) is 19.7. The van der Waals surface area contributed by atoms with Crippen LogP contribution in [0.3, 0.4) is 0 Å². The zero-order valence-electron chi connectivity index (χ0n) is 15.5. The van der Waals surface area contributed by atoms with Gasteiger partial charge in [-0.05, 0) is 49.2 Å². The van der Waals surface area contributed by atoms with Gasteiger partial charge < -0.3 is 9.84 Å². The van der Waals surface area contributed by atoms with Crippen LogP contribution in [0.25, 0.3) is 22.0 Å². The second kappa shape index (κ2) is 7.12. The number of carboxylic acids is 1. The Kier molecular flexibility index (Phi) is 4.49. The molecule has 5 nitrogen and oxygen atoms in total. The molecule has 4 aromatic rings. The summed E-state index contributed by atoms with van der Waals surface area (Å²) in [5.41, 5.74) is 3.85. The Morgan fingerprint density at radius 3 is 2.54 bits per heavy atom. The smallest absolute Gasteiger partial charge is 0.339 e. The summed E-state index contributed by atoms with van der Waals surface area (Å²) < 4.78 is 5.95. The Balaban J connectivity index is 1.79. The van der Waals surface area contributed by atoms with Crippen LogP contribution in [0, 0.1) is 13.8 Å². The fourth-order valence-electron chi connectivity index (χ4n) is 3.24. The first kappa shape index (κ1) is 17.7. The molecule has 0 saturated heterocycles. The summed E-state index contributed by atoms with van der Waals surface area (Å²) in [7, 11) is 0. The monoisotopic (exact) mass is 370 g/mol. The summed E-state index contributed by atoms with van der Waals surface area (Å²) in [4.78, 5) is 11.5. The van der Waals surface area contributed by atoms with Crippen molar-refractivity contribution in [1.82, 2.24) is 10.2 Å². The molecule has 4 rings (SSSR count). The van der Waals surface area contributed by atoms with Crippen molar-refractivity contribution in [2.75, 3.05) is 0 Å². The van der Waals surface area contributed by atoms with Crippen molar-refractivity contribution in [1.29, 1.82) is 0 Å². The van der Waals surface area contributed by atoms with Crippen LogP contribution < -0.4 is 4.74 Å². The number of aryl methyl sites for hydroxylation is 2. The fraction of sp³-hybridized carbons (Fsp3) is 0.0870. The van der Waals surface area contributed by atoms with Gasteiger partial charge in [0.05, 0.1) is 6.20 Å². The molecule has 0 spiro atoms. The fourth-order valence-corrected chi connectivity index (χ4v) is 3.24. The Labute approximate surface area is 162 Å². The Bertz CT molecular complexity index is 1200. The number of carboxylic acid groups (broad SMARTS) is 1. The van der Waals surface area contributed by atoms with Gasteiger partial charge in [-0.2, -0.15) is 5.10 Å². The van der Waals surface area contributed by atoms with Crippen molar-refractivity contribution < 1.29 is 14.6 Å². The number of fused-ring (bicyclic) bond motifs is 1. The number of benzene rings is 3. The zero-order valence-corrected chi connectivity index (χ0v) is 15.5. The summed E-state index contributed by atoms with van der Waals surface area (Å²) in [6.07, 6.45) is 1.68. The van der Waals surface area contributed by atoms with E-state index in [4.69, 9.17) is 4.74 Å². The normalized spacial score (nSPS) is 10.8. The van der Waals surface area contributed by atoms with E-state index in [0.717, 1.165) is 33.2 Å². The molecule has 138 valence electrons. The van der Waals surface area contributed by atoms with E-state index in [2.05, 4.69) is 10.2 Å². The van der Waals surface area contributed by atoms with E-state index in [1.54, 1.807) is 12.3 Å². The molecule has 0 unspecified atom stereocenters. The number of carbonyl (C=O) groups is 1. The number of nitrogens with zero attached hydrogens (tertiary/aromatic N) is 2. The lowest BCUT2D eigenvalue weighted by Crippen LogP contribution is -2.01. The van der Waals surface area contributed by atoms with Gasteiger partial charge in [-0.15, -0.1) is 5.10 Å². The molecular weight excluding hydrogens is 352 g/mol. The number of para-hydroxylation sites is 1. The van der Waals surface area contributed by atoms with Crippen LogP contribution in [-0.2, 0) is 0 Å². The van der Waals surface area contributed by atoms with Gasteiger partial charge >= 0.3 is 5.97 Å². The number of ether oxygens (including phenoxy) is 1. The molecule has 0 saturated carbocycles. The van der Waals surface area contributed by atoms with Crippen LogP contribution in [-0.4, -0.2) is 21.3 Å². The molecule has 0 radical (unpaired) electrons. The van der Waals surface area contributed by atoms with E-state index >= 15 is 0 Å². The molecule has 5 heteroatoms. The van der Waals surface area contributed by atoms with Gasteiger partial charge in [-0.25, -0.2) is 4.79 Å². The summed E-state index contributed by atoms with van der Waals surface area (Å²) in [6, 6.07) is 18.7. The first-order valence-electron chi connectivity index (χ1n) is 8.87. The highest BCUT2D eigenvalue weighted by Gasteiger charge is 2.15. The van der Waals surface area contributed by atoms with Gasteiger partial charge in [0.15, 0.2) is 0 Å². The first-order chi connectivity index (χ1) is 13.5. The van der Waals surface area contributed by atoms with E-state index < -0.39 is 5.97 Å². The lowest BCUT2D eigenvalue weighted by Gasteiger charge is -2.13. The Hall–Kier alpha value is -3.73. The lowest BCUT2D eigenvalue weighted by molar-refractivity contribution is 0.0694. The molecule has 1 N–H and O–H groups in total. The standard InChI is InChI=1S/C23H18N2O3/c1-14-6-3-4-8-18(14)21-19-11-10-17(12-16(19)13-24-25-21)28-22-15(2)7-5-9-20(22)23(26)27/h3-13H,1-2H3,(H,26,27). The molecule has 3 aromatic carbocycles. The summed E-state index contributed by atoms with van der Waals surface area (Å²) in [6.45, 7) is 3.86. The third kappa shape index (κ3) is 3.18. The van der Waals surface area contributed by atoms with Crippen molar-refractivity contribution in [3.05, 3.63) is 83.6 Å². The average molecular weight is 370 g/mol. The van der Waals surface area contributed by atoms with Gasteiger partial charge in [-0.1, -0.05) is 36.4 Å². The van der Waals surface area contributed by atoms with Crippen molar-refractivity contribution in [3.8, 4) is 22.8 Å². The van der Waals surface area contributed by atoms with Crippen LogP contribution in [0.2, 0.25) is 0 Å². The van der Waals surface area contributed by atoms with E-state index in [0.29, 0.717) is 11.5 Å². The highest BCUT2D eigenvalue weighted by molar-refractivity contribution is 5.95. The van der Waals surface area contributed by atoms with Crippen LogP contribution in [0.1, 0.15) is 21.5 Å².